The lowest BCUT2D eigenvalue weighted by Crippen LogP contribution is -2.58. The Balaban J connectivity index is 1.05. The molecule has 1 aromatic heterocycles. The largest absolute Gasteiger partial charge is 0.377 e. The maximum absolute atomic E-state index is 12.1. The van der Waals surface area contributed by atoms with Gasteiger partial charge in [0.15, 0.2) is 0 Å². The molecule has 11 nitrogen and oxygen atoms in total. The molecule has 6 rings (SSSR count). The molecule has 1 aliphatic carbocycles. The number of likely N-dealkylation sites (tertiary alicyclic amines) is 1. The zero-order valence-electron chi connectivity index (χ0n) is 24.0. The number of piperidine rings is 1. The summed E-state index contributed by atoms with van der Waals surface area (Å²) in [6.07, 6.45) is 6.67. The van der Waals surface area contributed by atoms with Crippen LogP contribution >= 0.6 is 23.2 Å². The molecule has 3 aromatic rings. The number of nitro benzene ring substituents is 1. The van der Waals surface area contributed by atoms with Crippen LogP contribution in [0.15, 0.2) is 40.1 Å². The van der Waals surface area contributed by atoms with Gasteiger partial charge in [0.1, 0.15) is 17.2 Å². The van der Waals surface area contributed by atoms with Gasteiger partial charge in [-0.3, -0.25) is 29.5 Å². The van der Waals surface area contributed by atoms with Crippen molar-refractivity contribution in [2.75, 3.05) is 48.3 Å². The Kier molecular flexibility index (Phi) is 8.59. The van der Waals surface area contributed by atoms with Crippen molar-refractivity contribution in [3.8, 4) is 0 Å². The molecule has 3 fully saturated rings. The van der Waals surface area contributed by atoms with Gasteiger partial charge in [0.2, 0.25) is 0 Å². The summed E-state index contributed by atoms with van der Waals surface area (Å²) in [6.45, 7) is 7.00. The van der Waals surface area contributed by atoms with Gasteiger partial charge in [-0.2, -0.15) is 0 Å². The van der Waals surface area contributed by atoms with Crippen LogP contribution in [0.3, 0.4) is 0 Å². The highest BCUT2D eigenvalue weighted by molar-refractivity contribution is 6.33. The molecule has 2 saturated heterocycles. The molecule has 2 aromatic carbocycles. The predicted octanol–water partition coefficient (Wildman–Crippen LogP) is 4.78. The fraction of sp³-hybridized carbons (Fsp3) is 0.500. The summed E-state index contributed by atoms with van der Waals surface area (Å²) in [5.41, 5.74) is 0.963. The van der Waals surface area contributed by atoms with Crippen LogP contribution in [0.25, 0.3) is 0 Å². The van der Waals surface area contributed by atoms with Crippen molar-refractivity contribution in [1.82, 2.24) is 14.8 Å². The highest BCUT2D eigenvalue weighted by Crippen LogP contribution is 2.33. The zero-order valence-corrected chi connectivity index (χ0v) is 25.5. The fourth-order valence-electron chi connectivity index (χ4n) is 6.35. The van der Waals surface area contributed by atoms with E-state index in [0.29, 0.717) is 51.4 Å². The molecule has 2 N–H and O–H groups in total. The topological polar surface area (TPSA) is 124 Å². The van der Waals surface area contributed by atoms with E-state index in [1.807, 2.05) is 0 Å². The van der Waals surface area contributed by atoms with Crippen LogP contribution in [0.5, 0.6) is 0 Å². The Hall–Kier alpha value is -3.25. The number of benzene rings is 1. The maximum atomic E-state index is 12.1. The average molecular weight is 629 g/mol. The van der Waals surface area contributed by atoms with Crippen molar-refractivity contribution in [2.24, 2.45) is 0 Å². The number of aromatic nitrogens is 1. The summed E-state index contributed by atoms with van der Waals surface area (Å²) in [4.78, 5) is 47.1. The van der Waals surface area contributed by atoms with Crippen LogP contribution in [-0.2, 0) is 6.54 Å². The highest BCUT2D eigenvalue weighted by atomic mass is 35.5. The number of hydrogen-bond acceptors (Lipinski definition) is 10. The van der Waals surface area contributed by atoms with Crippen molar-refractivity contribution in [2.45, 2.75) is 63.7 Å². The van der Waals surface area contributed by atoms with Gasteiger partial charge in [-0.1, -0.05) is 30.1 Å². The minimum absolute atomic E-state index is 0.0759. The first-order valence-electron chi connectivity index (χ1n) is 14.9. The number of pyridine rings is 1. The molecule has 13 heteroatoms. The Morgan fingerprint density at radius 3 is 2.44 bits per heavy atom. The second kappa shape index (κ2) is 12.4. The van der Waals surface area contributed by atoms with E-state index < -0.39 is 10.9 Å². The molecule has 0 bridgehead atoms. The summed E-state index contributed by atoms with van der Waals surface area (Å²) in [5.74, 6) is 0.714. The quantitative estimate of drug-likeness (QED) is 0.184. The number of piperazine rings is 1. The third-order valence-electron chi connectivity index (χ3n) is 8.89. The standard InChI is InChI=1S/C30H35Cl2N7O4/c1-2-22-17-37(30-24(32)14-21(15-33-30)35-27-26(28(40)29(27)41)34-20-5-6-20)11-12-38(22)23-7-9-36(10-8-23)16-18-3-4-19(31)13-25(18)39(42)43/h3-4,13-15,20,22-23,34-35H,2,5-12,16-17H2,1H3/t22-/m0/s1. The van der Waals surface area contributed by atoms with E-state index in [-0.39, 0.29) is 22.3 Å². The molecule has 1 atom stereocenters. The van der Waals surface area contributed by atoms with Gasteiger partial charge in [-0.05, 0) is 63.4 Å². The number of nitro groups is 1. The minimum Gasteiger partial charge on any atom is -0.377 e. The second-order valence-corrected chi connectivity index (χ2v) is 12.6. The van der Waals surface area contributed by atoms with E-state index in [0.717, 1.165) is 64.8 Å². The fourth-order valence-corrected chi connectivity index (χ4v) is 6.81. The van der Waals surface area contributed by atoms with Crippen LogP contribution in [0.1, 0.15) is 44.6 Å². The minimum atomic E-state index is -0.526. The lowest BCUT2D eigenvalue weighted by Gasteiger charge is -2.47. The van der Waals surface area contributed by atoms with Gasteiger partial charge in [0, 0.05) is 61.0 Å². The number of rotatable bonds is 10. The lowest BCUT2D eigenvalue weighted by atomic mass is 9.97. The summed E-state index contributed by atoms with van der Waals surface area (Å²) in [6, 6.07) is 7.73. The molecule has 3 aliphatic rings. The molecule has 1 saturated carbocycles. The average Bonchev–Trinajstić information content (AvgIpc) is 3.84. The van der Waals surface area contributed by atoms with Gasteiger partial charge in [0.05, 0.1) is 21.8 Å². The van der Waals surface area contributed by atoms with E-state index in [1.54, 1.807) is 24.4 Å². The molecule has 0 radical (unpaired) electrons. The van der Waals surface area contributed by atoms with E-state index in [1.165, 1.54) is 6.07 Å². The highest BCUT2D eigenvalue weighted by Gasteiger charge is 2.34. The van der Waals surface area contributed by atoms with Gasteiger partial charge in [-0.25, -0.2) is 4.98 Å². The molecule has 2 aliphatic heterocycles. The Morgan fingerprint density at radius 2 is 1.77 bits per heavy atom. The molecule has 0 amide bonds. The molecular weight excluding hydrogens is 593 g/mol. The van der Waals surface area contributed by atoms with Crippen LogP contribution in [0.2, 0.25) is 10.0 Å². The van der Waals surface area contributed by atoms with E-state index in [9.17, 15) is 19.7 Å². The van der Waals surface area contributed by atoms with E-state index in [4.69, 9.17) is 23.2 Å². The Morgan fingerprint density at radius 1 is 1.02 bits per heavy atom. The van der Waals surface area contributed by atoms with Crippen molar-refractivity contribution >= 4 is 51.8 Å². The first kappa shape index (κ1) is 29.8. The third kappa shape index (κ3) is 6.35. The van der Waals surface area contributed by atoms with Gasteiger partial charge >= 0.3 is 0 Å². The normalized spacial score (nSPS) is 20.4. The number of halogens is 2. The van der Waals surface area contributed by atoms with Crippen molar-refractivity contribution in [3.63, 3.8) is 0 Å². The van der Waals surface area contributed by atoms with E-state index >= 15 is 0 Å². The smallest absolute Gasteiger partial charge is 0.275 e. The van der Waals surface area contributed by atoms with Crippen molar-refractivity contribution in [1.29, 1.82) is 0 Å². The van der Waals surface area contributed by atoms with Crippen molar-refractivity contribution in [3.05, 3.63) is 76.6 Å². The molecule has 43 heavy (non-hydrogen) atoms. The third-order valence-corrected chi connectivity index (χ3v) is 9.40. The van der Waals surface area contributed by atoms with Gasteiger partial charge in [0.25, 0.3) is 16.5 Å². The molecule has 228 valence electrons. The van der Waals surface area contributed by atoms with E-state index in [2.05, 4.69) is 37.2 Å². The Labute approximate surface area is 259 Å². The number of nitrogens with zero attached hydrogens (tertiary/aromatic N) is 5. The molecule has 0 spiro atoms. The van der Waals surface area contributed by atoms with Crippen molar-refractivity contribution < 1.29 is 4.92 Å². The monoisotopic (exact) mass is 627 g/mol. The number of anilines is 4. The van der Waals surface area contributed by atoms with Crippen LogP contribution in [0.4, 0.5) is 28.6 Å². The predicted molar refractivity (Wildman–Crippen MR) is 170 cm³/mol. The first-order valence-corrected chi connectivity index (χ1v) is 15.7. The maximum Gasteiger partial charge on any atom is 0.275 e. The van der Waals surface area contributed by atoms with Crippen LogP contribution < -0.4 is 26.4 Å². The summed E-state index contributed by atoms with van der Waals surface area (Å²) in [7, 11) is 0. The number of nitrogens with one attached hydrogen (secondary N) is 2. The van der Waals surface area contributed by atoms with Crippen LogP contribution in [0, 0.1) is 10.1 Å². The summed E-state index contributed by atoms with van der Waals surface area (Å²) < 4.78 is 0. The number of hydrogen-bond donors (Lipinski definition) is 2. The first-order chi connectivity index (χ1) is 20.7. The summed E-state index contributed by atoms with van der Waals surface area (Å²) >= 11 is 12.7. The van der Waals surface area contributed by atoms with Gasteiger partial charge in [-0.15, -0.1) is 0 Å². The molecule has 0 unspecified atom stereocenters. The second-order valence-electron chi connectivity index (χ2n) is 11.8. The molecule has 3 heterocycles. The summed E-state index contributed by atoms with van der Waals surface area (Å²) in [5, 5.41) is 18.6. The molecular formula is C30H35Cl2N7O4. The Bertz CT molecular complexity index is 1580. The SMILES string of the molecule is CC[C@H]1CN(c2ncc(Nc3c(NC4CC4)c(=O)c3=O)cc2Cl)CCN1C1CCN(Cc2ccc(Cl)cc2[N+](=O)[O-])CC1. The zero-order chi connectivity index (χ0) is 30.2. The van der Waals surface area contributed by atoms with Gasteiger partial charge < -0.3 is 15.5 Å². The lowest BCUT2D eigenvalue weighted by molar-refractivity contribution is -0.385. The van der Waals surface area contributed by atoms with Crippen LogP contribution in [-0.4, -0.2) is 70.6 Å².